The lowest BCUT2D eigenvalue weighted by Gasteiger charge is -2.36. The van der Waals surface area contributed by atoms with Crippen LogP contribution in [0.4, 0.5) is 11.8 Å². The molecule has 1 atom stereocenters. The standard InChI is InChI=1S/C14H26N6/c1-12(10-15)11-19-6-8-20(9-7-19)13-4-5-16-14(17-13)18(2)3/h4-5,12H,6-11,15H2,1-3H3. The van der Waals surface area contributed by atoms with Crippen LogP contribution in [0.5, 0.6) is 0 Å². The molecule has 2 N–H and O–H groups in total. The lowest BCUT2D eigenvalue weighted by Crippen LogP contribution is -2.48. The first-order chi connectivity index (χ1) is 9.60. The molecule has 112 valence electrons. The molecule has 0 aliphatic carbocycles. The summed E-state index contributed by atoms with van der Waals surface area (Å²) in [6, 6.07) is 1.99. The van der Waals surface area contributed by atoms with Gasteiger partial charge in [0.2, 0.25) is 5.95 Å². The van der Waals surface area contributed by atoms with Gasteiger partial charge in [0.15, 0.2) is 0 Å². The number of hydrogen-bond donors (Lipinski definition) is 1. The molecule has 0 amide bonds. The van der Waals surface area contributed by atoms with Crippen molar-refractivity contribution in [2.24, 2.45) is 11.7 Å². The minimum Gasteiger partial charge on any atom is -0.354 e. The van der Waals surface area contributed by atoms with E-state index in [1.54, 1.807) is 0 Å². The van der Waals surface area contributed by atoms with Crippen molar-refractivity contribution in [1.29, 1.82) is 0 Å². The summed E-state index contributed by atoms with van der Waals surface area (Å²) >= 11 is 0. The normalized spacial score (nSPS) is 18.1. The second-order valence-electron chi connectivity index (χ2n) is 5.74. The predicted octanol–water partition coefficient (Wildman–Crippen LogP) is 0.259. The van der Waals surface area contributed by atoms with E-state index >= 15 is 0 Å². The van der Waals surface area contributed by atoms with E-state index < -0.39 is 0 Å². The van der Waals surface area contributed by atoms with Crippen LogP contribution in [0.15, 0.2) is 12.3 Å². The number of nitrogens with two attached hydrogens (primary N) is 1. The molecular formula is C14H26N6. The molecule has 0 bridgehead atoms. The van der Waals surface area contributed by atoms with Crippen molar-refractivity contribution in [1.82, 2.24) is 14.9 Å². The average Bonchev–Trinajstić information content (AvgIpc) is 2.48. The van der Waals surface area contributed by atoms with Crippen LogP contribution in [0.1, 0.15) is 6.92 Å². The van der Waals surface area contributed by atoms with Crippen molar-refractivity contribution >= 4 is 11.8 Å². The van der Waals surface area contributed by atoms with Gasteiger partial charge in [-0.15, -0.1) is 0 Å². The van der Waals surface area contributed by atoms with E-state index in [4.69, 9.17) is 5.73 Å². The summed E-state index contributed by atoms with van der Waals surface area (Å²) in [5.74, 6) is 2.36. The number of aromatic nitrogens is 2. The average molecular weight is 278 g/mol. The van der Waals surface area contributed by atoms with Crippen molar-refractivity contribution < 1.29 is 0 Å². The number of piperazine rings is 1. The van der Waals surface area contributed by atoms with E-state index in [0.717, 1.165) is 51.0 Å². The molecular weight excluding hydrogens is 252 g/mol. The van der Waals surface area contributed by atoms with Crippen LogP contribution in [-0.4, -0.2) is 68.2 Å². The molecule has 6 heteroatoms. The molecule has 1 fully saturated rings. The zero-order valence-electron chi connectivity index (χ0n) is 12.8. The Kier molecular flexibility index (Phi) is 5.14. The van der Waals surface area contributed by atoms with Gasteiger partial charge in [-0.2, -0.15) is 4.98 Å². The van der Waals surface area contributed by atoms with Gasteiger partial charge in [-0.25, -0.2) is 4.98 Å². The van der Waals surface area contributed by atoms with Gasteiger partial charge in [-0.05, 0) is 18.5 Å². The minimum absolute atomic E-state index is 0.570. The highest BCUT2D eigenvalue weighted by Crippen LogP contribution is 2.16. The van der Waals surface area contributed by atoms with Crippen molar-refractivity contribution in [2.75, 3.05) is 63.2 Å². The van der Waals surface area contributed by atoms with Crippen molar-refractivity contribution in [3.05, 3.63) is 12.3 Å². The lowest BCUT2D eigenvalue weighted by atomic mass is 10.1. The Bertz CT molecular complexity index is 414. The van der Waals surface area contributed by atoms with Gasteiger partial charge in [-0.1, -0.05) is 6.92 Å². The molecule has 0 spiro atoms. The fourth-order valence-electron chi connectivity index (χ4n) is 2.41. The maximum atomic E-state index is 5.69. The number of hydrogen-bond acceptors (Lipinski definition) is 6. The highest BCUT2D eigenvalue weighted by atomic mass is 15.3. The van der Waals surface area contributed by atoms with Gasteiger partial charge < -0.3 is 15.5 Å². The molecule has 6 nitrogen and oxygen atoms in total. The van der Waals surface area contributed by atoms with Gasteiger partial charge in [0.25, 0.3) is 0 Å². The van der Waals surface area contributed by atoms with Gasteiger partial charge in [0.1, 0.15) is 5.82 Å². The molecule has 1 aliphatic heterocycles. The van der Waals surface area contributed by atoms with Crippen LogP contribution in [0.2, 0.25) is 0 Å². The van der Waals surface area contributed by atoms with E-state index in [1.807, 2.05) is 31.3 Å². The van der Waals surface area contributed by atoms with Crippen molar-refractivity contribution in [2.45, 2.75) is 6.92 Å². The predicted molar refractivity (Wildman–Crippen MR) is 83.2 cm³/mol. The second kappa shape index (κ2) is 6.85. The second-order valence-corrected chi connectivity index (χ2v) is 5.74. The third-order valence-electron chi connectivity index (χ3n) is 3.70. The Morgan fingerprint density at radius 1 is 1.30 bits per heavy atom. The van der Waals surface area contributed by atoms with E-state index in [9.17, 15) is 0 Å². The summed E-state index contributed by atoms with van der Waals surface area (Å²) < 4.78 is 0. The third kappa shape index (κ3) is 3.80. The SMILES string of the molecule is CC(CN)CN1CCN(c2ccnc(N(C)C)n2)CC1. The van der Waals surface area contributed by atoms with Gasteiger partial charge in [0.05, 0.1) is 0 Å². The molecule has 1 aromatic heterocycles. The largest absolute Gasteiger partial charge is 0.354 e. The van der Waals surface area contributed by atoms with E-state index in [0.29, 0.717) is 5.92 Å². The quantitative estimate of drug-likeness (QED) is 0.833. The zero-order chi connectivity index (χ0) is 14.5. The summed E-state index contributed by atoms with van der Waals surface area (Å²) in [6.45, 7) is 8.25. The van der Waals surface area contributed by atoms with Crippen molar-refractivity contribution in [3.63, 3.8) is 0 Å². The van der Waals surface area contributed by atoms with Crippen LogP contribution >= 0.6 is 0 Å². The molecule has 0 aromatic carbocycles. The Balaban J connectivity index is 1.92. The fraction of sp³-hybridized carbons (Fsp3) is 0.714. The van der Waals surface area contributed by atoms with E-state index in [2.05, 4.69) is 26.7 Å². The van der Waals surface area contributed by atoms with E-state index in [1.165, 1.54) is 0 Å². The number of rotatable bonds is 5. The molecule has 20 heavy (non-hydrogen) atoms. The first-order valence-corrected chi connectivity index (χ1v) is 7.28. The highest BCUT2D eigenvalue weighted by Gasteiger charge is 2.19. The summed E-state index contributed by atoms with van der Waals surface area (Å²) in [5.41, 5.74) is 5.69. The number of nitrogens with zero attached hydrogens (tertiary/aromatic N) is 5. The maximum Gasteiger partial charge on any atom is 0.226 e. The van der Waals surface area contributed by atoms with Gasteiger partial charge >= 0.3 is 0 Å². The molecule has 1 saturated heterocycles. The van der Waals surface area contributed by atoms with Crippen LogP contribution < -0.4 is 15.5 Å². The van der Waals surface area contributed by atoms with Crippen LogP contribution in [-0.2, 0) is 0 Å². The van der Waals surface area contributed by atoms with Crippen LogP contribution in [0.25, 0.3) is 0 Å². The molecule has 0 radical (unpaired) electrons. The first kappa shape index (κ1) is 15.0. The Morgan fingerprint density at radius 3 is 2.60 bits per heavy atom. The monoisotopic (exact) mass is 278 g/mol. The Labute approximate surface area is 121 Å². The fourth-order valence-corrected chi connectivity index (χ4v) is 2.41. The molecule has 1 aromatic rings. The van der Waals surface area contributed by atoms with Crippen LogP contribution in [0, 0.1) is 5.92 Å². The van der Waals surface area contributed by atoms with Gasteiger partial charge in [0, 0.05) is 53.0 Å². The van der Waals surface area contributed by atoms with Gasteiger partial charge in [-0.3, -0.25) is 4.90 Å². The Morgan fingerprint density at radius 2 is 2.00 bits per heavy atom. The molecule has 1 aliphatic rings. The smallest absolute Gasteiger partial charge is 0.226 e. The topological polar surface area (TPSA) is 61.5 Å². The van der Waals surface area contributed by atoms with Crippen LogP contribution in [0.3, 0.4) is 0 Å². The third-order valence-corrected chi connectivity index (χ3v) is 3.70. The molecule has 0 saturated carbocycles. The van der Waals surface area contributed by atoms with E-state index in [-0.39, 0.29) is 0 Å². The summed E-state index contributed by atoms with van der Waals surface area (Å²) in [4.78, 5) is 15.6. The zero-order valence-corrected chi connectivity index (χ0v) is 12.8. The summed E-state index contributed by atoms with van der Waals surface area (Å²) in [7, 11) is 3.93. The lowest BCUT2D eigenvalue weighted by molar-refractivity contribution is 0.227. The Hall–Kier alpha value is -1.40. The first-order valence-electron chi connectivity index (χ1n) is 7.28. The summed E-state index contributed by atoms with van der Waals surface area (Å²) in [5, 5.41) is 0. The van der Waals surface area contributed by atoms with Crippen molar-refractivity contribution in [3.8, 4) is 0 Å². The highest BCUT2D eigenvalue weighted by molar-refractivity contribution is 5.43. The molecule has 1 unspecified atom stereocenters. The summed E-state index contributed by atoms with van der Waals surface area (Å²) in [6.07, 6.45) is 1.83. The minimum atomic E-state index is 0.570. The number of anilines is 2. The molecule has 2 heterocycles. The maximum absolute atomic E-state index is 5.69. The molecule has 2 rings (SSSR count).